The van der Waals surface area contributed by atoms with E-state index in [0.717, 1.165) is 5.56 Å². The molecule has 19 heavy (non-hydrogen) atoms. The molecule has 0 amide bonds. The minimum atomic E-state index is -3.33. The summed E-state index contributed by atoms with van der Waals surface area (Å²) in [4.78, 5) is 0. The molecule has 0 aromatic heterocycles. The Kier molecular flexibility index (Phi) is 4.57. The first kappa shape index (κ1) is 14.5. The predicted octanol–water partition coefficient (Wildman–Crippen LogP) is 0.896. The molecule has 2 N–H and O–H groups in total. The maximum atomic E-state index is 11.7. The van der Waals surface area contributed by atoms with Crippen LogP contribution in [0.3, 0.4) is 0 Å². The van der Waals surface area contributed by atoms with Gasteiger partial charge in [-0.15, -0.1) is 0 Å². The Bertz CT molecular complexity index is 496. The van der Waals surface area contributed by atoms with Gasteiger partial charge in [0.1, 0.15) is 0 Å². The number of hydrogen-bond donors (Lipinski definition) is 2. The number of nitrogens with zero attached hydrogens (tertiary/aromatic N) is 1. The van der Waals surface area contributed by atoms with Crippen molar-refractivity contribution in [2.24, 2.45) is 5.92 Å². The number of piperidine rings is 1. The lowest BCUT2D eigenvalue weighted by Crippen LogP contribution is -2.44. The number of benzene rings is 1. The SMILES string of the molecule is CNS(=O)(=O)N1CCC(C(O)c2ccccc2)CC1. The second kappa shape index (κ2) is 6.00. The van der Waals surface area contributed by atoms with Crippen LogP contribution in [0.2, 0.25) is 0 Å². The number of aliphatic hydroxyl groups is 1. The minimum Gasteiger partial charge on any atom is -0.388 e. The molecule has 0 saturated carbocycles. The van der Waals surface area contributed by atoms with Crippen LogP contribution in [0.25, 0.3) is 0 Å². The molecule has 0 bridgehead atoms. The minimum absolute atomic E-state index is 0.116. The van der Waals surface area contributed by atoms with Crippen molar-refractivity contribution in [2.45, 2.75) is 18.9 Å². The highest BCUT2D eigenvalue weighted by atomic mass is 32.2. The Labute approximate surface area is 114 Å². The summed E-state index contributed by atoms with van der Waals surface area (Å²) in [6.07, 6.45) is 0.842. The normalized spacial score (nSPS) is 20.3. The summed E-state index contributed by atoms with van der Waals surface area (Å²) in [7, 11) is -1.92. The van der Waals surface area contributed by atoms with Gasteiger partial charge in [0.15, 0.2) is 0 Å². The Balaban J connectivity index is 1.97. The standard InChI is InChI=1S/C13H20N2O3S/c1-14-19(17,18)15-9-7-12(8-10-15)13(16)11-5-3-2-4-6-11/h2-6,12-14,16H,7-10H2,1H3. The van der Waals surface area contributed by atoms with E-state index >= 15 is 0 Å². The molecule has 5 nitrogen and oxygen atoms in total. The number of aliphatic hydroxyl groups excluding tert-OH is 1. The molecule has 6 heteroatoms. The molecule has 1 atom stereocenters. The Hall–Kier alpha value is -0.950. The van der Waals surface area contributed by atoms with E-state index in [-0.39, 0.29) is 5.92 Å². The molecule has 1 aromatic carbocycles. The monoisotopic (exact) mass is 284 g/mol. The van der Waals surface area contributed by atoms with Crippen molar-refractivity contribution >= 4 is 10.2 Å². The average Bonchev–Trinajstić information content (AvgIpc) is 2.47. The third-order valence-corrected chi connectivity index (χ3v) is 5.24. The topological polar surface area (TPSA) is 69.6 Å². The van der Waals surface area contributed by atoms with E-state index in [1.54, 1.807) is 0 Å². The van der Waals surface area contributed by atoms with E-state index in [4.69, 9.17) is 0 Å². The fourth-order valence-corrected chi connectivity index (χ4v) is 3.43. The van der Waals surface area contributed by atoms with E-state index in [1.807, 2.05) is 30.3 Å². The van der Waals surface area contributed by atoms with Crippen LogP contribution in [0.1, 0.15) is 24.5 Å². The maximum absolute atomic E-state index is 11.7. The first-order valence-corrected chi connectivity index (χ1v) is 7.90. The molecule has 1 aromatic rings. The van der Waals surface area contributed by atoms with Gasteiger partial charge in [-0.05, 0) is 24.3 Å². The van der Waals surface area contributed by atoms with Crippen LogP contribution in [-0.4, -0.2) is 38.0 Å². The van der Waals surface area contributed by atoms with Gasteiger partial charge in [0.05, 0.1) is 6.10 Å². The lowest BCUT2D eigenvalue weighted by Gasteiger charge is -2.33. The third-order valence-electron chi connectivity index (χ3n) is 3.68. The van der Waals surface area contributed by atoms with Gasteiger partial charge >= 0.3 is 0 Å². The highest BCUT2D eigenvalue weighted by molar-refractivity contribution is 7.87. The number of hydrogen-bond acceptors (Lipinski definition) is 3. The molecule has 1 saturated heterocycles. The lowest BCUT2D eigenvalue weighted by atomic mass is 9.88. The molecule has 2 rings (SSSR count). The average molecular weight is 284 g/mol. The van der Waals surface area contributed by atoms with Gasteiger partial charge in [0.25, 0.3) is 10.2 Å². The zero-order valence-corrected chi connectivity index (χ0v) is 11.8. The third kappa shape index (κ3) is 3.33. The van der Waals surface area contributed by atoms with Crippen LogP contribution in [0, 0.1) is 5.92 Å². The molecule has 1 heterocycles. The summed E-state index contributed by atoms with van der Waals surface area (Å²) >= 11 is 0. The van der Waals surface area contributed by atoms with Crippen LogP contribution < -0.4 is 4.72 Å². The van der Waals surface area contributed by atoms with Gasteiger partial charge in [-0.3, -0.25) is 0 Å². The zero-order valence-electron chi connectivity index (χ0n) is 11.0. The van der Waals surface area contributed by atoms with Crippen molar-refractivity contribution in [1.29, 1.82) is 0 Å². The second-order valence-corrected chi connectivity index (χ2v) is 6.68. The number of nitrogens with one attached hydrogen (secondary N) is 1. The molecule has 1 fully saturated rings. The second-order valence-electron chi connectivity index (χ2n) is 4.80. The van der Waals surface area contributed by atoms with Crippen LogP contribution in [0.4, 0.5) is 0 Å². The van der Waals surface area contributed by atoms with Crippen molar-refractivity contribution in [2.75, 3.05) is 20.1 Å². The van der Waals surface area contributed by atoms with E-state index in [9.17, 15) is 13.5 Å². The highest BCUT2D eigenvalue weighted by Crippen LogP contribution is 2.31. The largest absolute Gasteiger partial charge is 0.388 e. The molecule has 1 aliphatic rings. The molecule has 0 aliphatic carbocycles. The molecule has 1 aliphatic heterocycles. The van der Waals surface area contributed by atoms with Gasteiger partial charge < -0.3 is 5.11 Å². The first-order valence-electron chi connectivity index (χ1n) is 6.46. The predicted molar refractivity (Wildman–Crippen MR) is 73.7 cm³/mol. The van der Waals surface area contributed by atoms with Gasteiger partial charge in [-0.1, -0.05) is 30.3 Å². The summed E-state index contributed by atoms with van der Waals surface area (Å²) in [6, 6.07) is 9.53. The Morgan fingerprint density at radius 3 is 2.37 bits per heavy atom. The van der Waals surface area contributed by atoms with Gasteiger partial charge in [0.2, 0.25) is 0 Å². The van der Waals surface area contributed by atoms with E-state index in [2.05, 4.69) is 4.72 Å². The summed E-state index contributed by atoms with van der Waals surface area (Å²) in [5, 5.41) is 10.3. The number of rotatable bonds is 4. The summed E-state index contributed by atoms with van der Waals surface area (Å²) in [5.74, 6) is 0.116. The van der Waals surface area contributed by atoms with E-state index in [1.165, 1.54) is 11.4 Å². The van der Waals surface area contributed by atoms with E-state index in [0.29, 0.717) is 25.9 Å². The maximum Gasteiger partial charge on any atom is 0.279 e. The molecule has 1 unspecified atom stereocenters. The first-order chi connectivity index (χ1) is 9.04. The summed E-state index contributed by atoms with van der Waals surface area (Å²) < 4.78 is 27.1. The molecule has 106 valence electrons. The quantitative estimate of drug-likeness (QED) is 0.863. The van der Waals surface area contributed by atoms with Crippen molar-refractivity contribution in [3.8, 4) is 0 Å². The van der Waals surface area contributed by atoms with Crippen molar-refractivity contribution in [1.82, 2.24) is 9.03 Å². The van der Waals surface area contributed by atoms with Crippen LogP contribution >= 0.6 is 0 Å². The van der Waals surface area contributed by atoms with E-state index < -0.39 is 16.3 Å². The van der Waals surface area contributed by atoms with Crippen LogP contribution in [0.15, 0.2) is 30.3 Å². The van der Waals surface area contributed by atoms with Gasteiger partial charge in [0, 0.05) is 20.1 Å². The molecular weight excluding hydrogens is 264 g/mol. The van der Waals surface area contributed by atoms with Gasteiger partial charge in [-0.2, -0.15) is 12.7 Å². The molecule has 0 spiro atoms. The fourth-order valence-electron chi connectivity index (χ4n) is 2.48. The van der Waals surface area contributed by atoms with Crippen molar-refractivity contribution in [3.05, 3.63) is 35.9 Å². The Morgan fingerprint density at radius 2 is 1.84 bits per heavy atom. The molecule has 0 radical (unpaired) electrons. The summed E-state index contributed by atoms with van der Waals surface area (Å²) in [5.41, 5.74) is 0.900. The summed E-state index contributed by atoms with van der Waals surface area (Å²) in [6.45, 7) is 0.912. The fraction of sp³-hybridized carbons (Fsp3) is 0.538. The van der Waals surface area contributed by atoms with Crippen molar-refractivity contribution < 1.29 is 13.5 Å². The molecular formula is C13H20N2O3S. The van der Waals surface area contributed by atoms with Gasteiger partial charge in [-0.25, -0.2) is 4.72 Å². The van der Waals surface area contributed by atoms with Crippen molar-refractivity contribution in [3.63, 3.8) is 0 Å². The zero-order chi connectivity index (χ0) is 13.9. The lowest BCUT2D eigenvalue weighted by molar-refractivity contribution is 0.0759. The Morgan fingerprint density at radius 1 is 1.26 bits per heavy atom. The highest BCUT2D eigenvalue weighted by Gasteiger charge is 2.30. The smallest absolute Gasteiger partial charge is 0.279 e. The van der Waals surface area contributed by atoms with Crippen LogP contribution in [-0.2, 0) is 10.2 Å². The van der Waals surface area contributed by atoms with Crippen LogP contribution in [0.5, 0.6) is 0 Å².